The molecule has 0 aliphatic heterocycles. The smallest absolute Gasteiger partial charge is 0.334 e. The highest BCUT2D eigenvalue weighted by Crippen LogP contribution is 2.31. The molecule has 1 atom stereocenters. The Bertz CT molecular complexity index is 479. The van der Waals surface area contributed by atoms with Crippen LogP contribution in [0.15, 0.2) is 30.4 Å². The van der Waals surface area contributed by atoms with Crippen LogP contribution in [-0.2, 0) is 16.2 Å². The summed E-state index contributed by atoms with van der Waals surface area (Å²) in [6.07, 6.45) is 14.2. The van der Waals surface area contributed by atoms with Gasteiger partial charge in [0.1, 0.15) is 0 Å². The number of carbonyl (C=O) groups is 1. The normalized spacial score (nSPS) is 18.3. The van der Waals surface area contributed by atoms with Crippen molar-refractivity contribution in [1.29, 1.82) is 0 Å². The maximum absolute atomic E-state index is 10.9. The minimum Gasteiger partial charge on any atom is -0.479 e. The Labute approximate surface area is 130 Å². The van der Waals surface area contributed by atoms with Gasteiger partial charge in [-0.2, -0.15) is 0 Å². The van der Waals surface area contributed by atoms with Crippen molar-refractivity contribution in [3.8, 4) is 0 Å². The Morgan fingerprint density at radius 2 is 2.23 bits per heavy atom. The van der Waals surface area contributed by atoms with Gasteiger partial charge in [0, 0.05) is 18.9 Å². The maximum atomic E-state index is 10.9. The Morgan fingerprint density at radius 3 is 2.82 bits per heavy atom. The lowest BCUT2D eigenvalue weighted by atomic mass is 9.83. The molecule has 1 saturated carbocycles. The summed E-state index contributed by atoms with van der Waals surface area (Å²) in [5, 5.41) is 8.96. The molecule has 2 rings (SSSR count). The second-order valence-corrected chi connectivity index (χ2v) is 5.89. The molecule has 1 heterocycles. The van der Waals surface area contributed by atoms with Crippen molar-refractivity contribution in [3.63, 3.8) is 0 Å². The van der Waals surface area contributed by atoms with Crippen molar-refractivity contribution in [2.75, 3.05) is 0 Å². The average Bonchev–Trinajstić information content (AvgIpc) is 3.04. The van der Waals surface area contributed by atoms with E-state index < -0.39 is 12.1 Å². The second kappa shape index (κ2) is 8.70. The molecule has 0 aromatic carbocycles. The van der Waals surface area contributed by atoms with Crippen molar-refractivity contribution < 1.29 is 14.7 Å². The van der Waals surface area contributed by atoms with E-state index in [1.165, 1.54) is 37.7 Å². The van der Waals surface area contributed by atoms with Crippen LogP contribution >= 0.6 is 0 Å². The molecule has 0 bridgehead atoms. The molecule has 1 aliphatic rings. The summed E-state index contributed by atoms with van der Waals surface area (Å²) in [5.41, 5.74) is 1.37. The van der Waals surface area contributed by atoms with Gasteiger partial charge in [0.15, 0.2) is 6.10 Å². The SMILES string of the molecule is NOC(CCC=C(Cn1ccnc1)C1CCCCC1)C(=O)O. The number of carboxylic acid groups (broad SMARTS) is 1. The number of imidazole rings is 1. The number of carboxylic acids is 1. The van der Waals surface area contributed by atoms with Gasteiger partial charge in [0.2, 0.25) is 0 Å². The predicted molar refractivity (Wildman–Crippen MR) is 82.8 cm³/mol. The topological polar surface area (TPSA) is 90.4 Å². The number of hydrogen-bond donors (Lipinski definition) is 2. The first-order chi connectivity index (χ1) is 10.7. The molecular weight excluding hydrogens is 282 g/mol. The fourth-order valence-corrected chi connectivity index (χ4v) is 3.09. The molecule has 0 spiro atoms. The van der Waals surface area contributed by atoms with Gasteiger partial charge in [-0.15, -0.1) is 0 Å². The quantitative estimate of drug-likeness (QED) is 0.569. The lowest BCUT2D eigenvalue weighted by Gasteiger charge is -2.25. The maximum Gasteiger partial charge on any atom is 0.334 e. The van der Waals surface area contributed by atoms with Crippen LogP contribution in [0.2, 0.25) is 0 Å². The van der Waals surface area contributed by atoms with Crippen LogP contribution < -0.4 is 5.90 Å². The first-order valence-corrected chi connectivity index (χ1v) is 7.93. The number of hydrogen-bond acceptors (Lipinski definition) is 4. The third-order valence-electron chi connectivity index (χ3n) is 4.33. The predicted octanol–water partition coefficient (Wildman–Crippen LogP) is 2.51. The number of allylic oxidation sites excluding steroid dienone is 2. The fourth-order valence-electron chi connectivity index (χ4n) is 3.09. The molecule has 0 radical (unpaired) electrons. The van der Waals surface area contributed by atoms with Crippen LogP contribution in [0.25, 0.3) is 0 Å². The summed E-state index contributed by atoms with van der Waals surface area (Å²) >= 11 is 0. The van der Waals surface area contributed by atoms with Crippen molar-refractivity contribution in [1.82, 2.24) is 9.55 Å². The van der Waals surface area contributed by atoms with Crippen LogP contribution in [0, 0.1) is 5.92 Å². The summed E-state index contributed by atoms with van der Waals surface area (Å²) in [5.74, 6) is 4.62. The molecule has 1 unspecified atom stereocenters. The molecule has 1 fully saturated rings. The molecule has 22 heavy (non-hydrogen) atoms. The fraction of sp³-hybridized carbons (Fsp3) is 0.625. The monoisotopic (exact) mass is 307 g/mol. The number of rotatable bonds is 8. The molecule has 0 saturated heterocycles. The summed E-state index contributed by atoms with van der Waals surface area (Å²) in [6, 6.07) is 0. The van der Waals surface area contributed by atoms with Gasteiger partial charge in [-0.3, -0.25) is 4.84 Å². The minimum absolute atomic E-state index is 0.395. The summed E-state index contributed by atoms with van der Waals surface area (Å²) in [7, 11) is 0. The van der Waals surface area contributed by atoms with Gasteiger partial charge >= 0.3 is 5.97 Å². The minimum atomic E-state index is -1.01. The van der Waals surface area contributed by atoms with E-state index in [2.05, 4.69) is 20.5 Å². The van der Waals surface area contributed by atoms with Crippen LogP contribution in [0.3, 0.4) is 0 Å². The molecular formula is C16H25N3O3. The zero-order chi connectivity index (χ0) is 15.8. The number of nitrogens with zero attached hydrogens (tertiary/aromatic N) is 2. The zero-order valence-electron chi connectivity index (χ0n) is 12.9. The standard InChI is InChI=1S/C16H25N3O3/c17-22-15(16(20)21)8-4-7-14(11-19-10-9-18-12-19)13-5-2-1-3-6-13/h7,9-10,12-13,15H,1-6,8,11,17H2,(H,20,21). The van der Waals surface area contributed by atoms with Gasteiger partial charge in [0.05, 0.1) is 6.33 Å². The molecule has 1 aromatic rings. The van der Waals surface area contributed by atoms with Crippen molar-refractivity contribution >= 4 is 5.97 Å². The first kappa shape index (κ1) is 16.7. The summed E-state index contributed by atoms with van der Waals surface area (Å²) < 4.78 is 2.06. The molecule has 122 valence electrons. The number of nitrogens with two attached hydrogens (primary N) is 1. The van der Waals surface area contributed by atoms with E-state index in [0.29, 0.717) is 18.8 Å². The third-order valence-corrected chi connectivity index (χ3v) is 4.33. The van der Waals surface area contributed by atoms with E-state index in [1.54, 1.807) is 6.20 Å². The van der Waals surface area contributed by atoms with Crippen LogP contribution in [0.4, 0.5) is 0 Å². The Kier molecular flexibility index (Phi) is 6.61. The van der Waals surface area contributed by atoms with Crippen LogP contribution in [0.5, 0.6) is 0 Å². The van der Waals surface area contributed by atoms with Gasteiger partial charge in [0.25, 0.3) is 0 Å². The highest BCUT2D eigenvalue weighted by molar-refractivity contribution is 5.72. The molecule has 0 amide bonds. The molecule has 6 nitrogen and oxygen atoms in total. The van der Waals surface area contributed by atoms with Crippen LogP contribution in [-0.4, -0.2) is 26.7 Å². The highest BCUT2D eigenvalue weighted by Gasteiger charge is 2.19. The Balaban J connectivity index is 1.99. The highest BCUT2D eigenvalue weighted by atomic mass is 16.6. The van der Waals surface area contributed by atoms with Crippen molar-refractivity contribution in [2.45, 2.75) is 57.6 Å². The van der Waals surface area contributed by atoms with Crippen molar-refractivity contribution in [3.05, 3.63) is 30.4 Å². The van der Waals surface area contributed by atoms with E-state index in [9.17, 15) is 4.79 Å². The van der Waals surface area contributed by atoms with Crippen LogP contribution in [0.1, 0.15) is 44.9 Å². The lowest BCUT2D eigenvalue weighted by Crippen LogP contribution is -2.26. The van der Waals surface area contributed by atoms with Gasteiger partial charge in [-0.25, -0.2) is 15.7 Å². The lowest BCUT2D eigenvalue weighted by molar-refractivity contribution is -0.151. The van der Waals surface area contributed by atoms with E-state index in [4.69, 9.17) is 11.0 Å². The molecule has 6 heteroatoms. The number of aliphatic carboxylic acids is 1. The Morgan fingerprint density at radius 1 is 1.45 bits per heavy atom. The van der Waals surface area contributed by atoms with Crippen molar-refractivity contribution in [2.24, 2.45) is 11.8 Å². The average molecular weight is 307 g/mol. The summed E-state index contributed by atoms with van der Waals surface area (Å²) in [4.78, 5) is 19.5. The van der Waals surface area contributed by atoms with Gasteiger partial charge in [-0.05, 0) is 31.6 Å². The largest absolute Gasteiger partial charge is 0.479 e. The number of aromatic nitrogens is 2. The Hall–Kier alpha value is -1.66. The van der Waals surface area contributed by atoms with E-state index >= 15 is 0 Å². The molecule has 3 N–H and O–H groups in total. The van der Waals surface area contributed by atoms with E-state index in [-0.39, 0.29) is 0 Å². The zero-order valence-corrected chi connectivity index (χ0v) is 12.9. The molecule has 1 aromatic heterocycles. The molecule has 1 aliphatic carbocycles. The third kappa shape index (κ3) is 4.96. The van der Waals surface area contributed by atoms with Gasteiger partial charge in [-0.1, -0.05) is 30.9 Å². The second-order valence-electron chi connectivity index (χ2n) is 5.89. The van der Waals surface area contributed by atoms with E-state index in [1.807, 2.05) is 12.5 Å². The first-order valence-electron chi connectivity index (χ1n) is 7.93. The summed E-state index contributed by atoms with van der Waals surface area (Å²) in [6.45, 7) is 0.825. The van der Waals surface area contributed by atoms with Gasteiger partial charge < -0.3 is 9.67 Å². The van der Waals surface area contributed by atoms with E-state index in [0.717, 1.165) is 6.54 Å².